The van der Waals surface area contributed by atoms with Crippen LogP contribution in [-0.2, 0) is 4.79 Å². The third-order valence-electron chi connectivity index (χ3n) is 2.29. The largest absolute Gasteiger partial charge is 0.465 e. The van der Waals surface area contributed by atoms with Gasteiger partial charge in [-0.25, -0.2) is 0 Å². The van der Waals surface area contributed by atoms with Gasteiger partial charge in [0.05, 0.1) is 12.5 Å². The molecule has 0 aromatic carbocycles. The highest BCUT2D eigenvalue weighted by Crippen LogP contribution is 2.07. The zero-order valence-corrected chi connectivity index (χ0v) is 10.2. The van der Waals surface area contributed by atoms with E-state index in [9.17, 15) is 9.59 Å². The summed E-state index contributed by atoms with van der Waals surface area (Å²) in [7, 11) is 1.47. The molecule has 0 bridgehead atoms. The molecule has 6 nitrogen and oxygen atoms in total. The molecule has 2 amide bonds. The number of amides is 2. The number of rotatable bonds is 4. The van der Waals surface area contributed by atoms with E-state index >= 15 is 0 Å². The van der Waals surface area contributed by atoms with Crippen molar-refractivity contribution in [2.45, 2.75) is 0 Å². The summed E-state index contributed by atoms with van der Waals surface area (Å²) in [5.41, 5.74) is 0.0684. The van der Waals surface area contributed by atoms with Crippen LogP contribution in [0.15, 0.2) is 51.3 Å². The highest BCUT2D eigenvalue weighted by atomic mass is 16.3. The molecule has 2 aromatic rings. The van der Waals surface area contributed by atoms with Crippen LogP contribution >= 0.6 is 0 Å². The van der Waals surface area contributed by atoms with Crippen molar-refractivity contribution in [1.82, 2.24) is 10.6 Å². The van der Waals surface area contributed by atoms with Crippen LogP contribution < -0.4 is 10.6 Å². The van der Waals surface area contributed by atoms with Crippen molar-refractivity contribution >= 4 is 17.9 Å². The lowest BCUT2D eigenvalue weighted by Crippen LogP contribution is -2.32. The molecular weight excluding hydrogens is 248 g/mol. The number of carbonyl (C=O) groups excluding carboxylic acids is 2. The molecule has 19 heavy (non-hydrogen) atoms. The summed E-state index contributed by atoms with van der Waals surface area (Å²) in [6.07, 6.45) is 4.28. The summed E-state index contributed by atoms with van der Waals surface area (Å²) in [5.74, 6) is -0.365. The molecule has 6 heteroatoms. The normalized spacial score (nSPS) is 11.1. The average molecular weight is 260 g/mol. The molecular formula is C13H12N2O4. The van der Waals surface area contributed by atoms with E-state index in [1.165, 1.54) is 31.7 Å². The summed E-state index contributed by atoms with van der Waals surface area (Å²) >= 11 is 0. The van der Waals surface area contributed by atoms with Gasteiger partial charge in [-0.3, -0.25) is 9.59 Å². The van der Waals surface area contributed by atoms with Crippen molar-refractivity contribution in [2.24, 2.45) is 0 Å². The van der Waals surface area contributed by atoms with Gasteiger partial charge in [-0.1, -0.05) is 0 Å². The summed E-state index contributed by atoms with van der Waals surface area (Å²) < 4.78 is 10.1. The van der Waals surface area contributed by atoms with Crippen LogP contribution in [0.2, 0.25) is 0 Å². The first-order valence-electron chi connectivity index (χ1n) is 5.53. The smallest absolute Gasteiger partial charge is 0.291 e. The second kappa shape index (κ2) is 5.72. The van der Waals surface area contributed by atoms with Crippen LogP contribution in [0.5, 0.6) is 0 Å². The molecule has 2 N–H and O–H groups in total. The van der Waals surface area contributed by atoms with Crippen molar-refractivity contribution < 1.29 is 18.4 Å². The van der Waals surface area contributed by atoms with E-state index in [0.29, 0.717) is 5.76 Å². The van der Waals surface area contributed by atoms with Gasteiger partial charge in [-0.05, 0) is 24.3 Å². The van der Waals surface area contributed by atoms with E-state index in [0.717, 1.165) is 0 Å². The minimum Gasteiger partial charge on any atom is -0.465 e. The van der Waals surface area contributed by atoms with E-state index in [1.54, 1.807) is 18.2 Å². The van der Waals surface area contributed by atoms with Gasteiger partial charge in [0.15, 0.2) is 5.76 Å². The zero-order chi connectivity index (χ0) is 13.7. The van der Waals surface area contributed by atoms with Gasteiger partial charge in [-0.15, -0.1) is 0 Å². The Morgan fingerprint density at radius 1 is 1.16 bits per heavy atom. The number of carbonyl (C=O) groups is 2. The molecule has 0 aliphatic heterocycles. The van der Waals surface area contributed by atoms with Gasteiger partial charge in [0, 0.05) is 13.1 Å². The van der Waals surface area contributed by atoms with Crippen molar-refractivity contribution in [1.29, 1.82) is 0 Å². The zero-order valence-electron chi connectivity index (χ0n) is 10.2. The third kappa shape index (κ3) is 3.12. The van der Waals surface area contributed by atoms with E-state index in [4.69, 9.17) is 8.83 Å². The maximum atomic E-state index is 11.8. The van der Waals surface area contributed by atoms with Gasteiger partial charge < -0.3 is 19.5 Å². The number of furan rings is 2. The van der Waals surface area contributed by atoms with Gasteiger partial charge >= 0.3 is 0 Å². The van der Waals surface area contributed by atoms with E-state index in [1.807, 2.05) is 0 Å². The quantitative estimate of drug-likeness (QED) is 0.813. The van der Waals surface area contributed by atoms with Crippen molar-refractivity contribution in [3.63, 3.8) is 0 Å². The fraction of sp³-hybridized carbons (Fsp3) is 0.0769. The second-order valence-electron chi connectivity index (χ2n) is 3.58. The molecule has 0 radical (unpaired) electrons. The molecule has 0 aliphatic rings. The molecule has 2 aromatic heterocycles. The summed E-state index contributed by atoms with van der Waals surface area (Å²) in [6.45, 7) is 0. The Balaban J connectivity index is 2.20. The van der Waals surface area contributed by atoms with Gasteiger partial charge in [0.25, 0.3) is 11.8 Å². The Morgan fingerprint density at radius 3 is 2.47 bits per heavy atom. The first kappa shape index (κ1) is 12.7. The Bertz CT molecular complexity index is 582. The van der Waals surface area contributed by atoms with E-state index < -0.39 is 11.8 Å². The molecule has 0 fully saturated rings. The first-order chi connectivity index (χ1) is 9.20. The highest BCUT2D eigenvalue weighted by Gasteiger charge is 2.15. The van der Waals surface area contributed by atoms with Crippen molar-refractivity contribution in [2.75, 3.05) is 7.05 Å². The molecule has 0 saturated carbocycles. The van der Waals surface area contributed by atoms with Crippen LogP contribution in [0.1, 0.15) is 16.3 Å². The molecule has 0 saturated heterocycles. The molecule has 0 atom stereocenters. The second-order valence-corrected chi connectivity index (χ2v) is 3.58. The Hall–Kier alpha value is -2.76. The Labute approximate surface area is 109 Å². The lowest BCUT2D eigenvalue weighted by molar-refractivity contribution is -0.117. The van der Waals surface area contributed by atoms with Crippen molar-refractivity contribution in [3.05, 3.63) is 54.0 Å². The molecule has 2 heterocycles. The standard InChI is InChI=1S/C13H12N2O4/c1-14-12(16)10(8-9-4-2-6-18-9)15-13(17)11-5-3-7-19-11/h2-8H,1H3,(H,14,16)(H,15,17)/b10-8+. The van der Waals surface area contributed by atoms with Crippen LogP contribution in [0.25, 0.3) is 6.08 Å². The predicted octanol–water partition coefficient (Wildman–Crippen LogP) is 1.39. The van der Waals surface area contributed by atoms with E-state index in [2.05, 4.69) is 10.6 Å². The SMILES string of the molecule is CNC(=O)/C(=C\c1ccco1)NC(=O)c1ccco1. The fourth-order valence-corrected chi connectivity index (χ4v) is 1.40. The number of hydrogen-bond donors (Lipinski definition) is 2. The van der Waals surface area contributed by atoms with Crippen LogP contribution in [0, 0.1) is 0 Å². The monoisotopic (exact) mass is 260 g/mol. The minimum absolute atomic E-state index is 0.0684. The molecule has 98 valence electrons. The average Bonchev–Trinajstić information content (AvgIpc) is 3.09. The van der Waals surface area contributed by atoms with Crippen LogP contribution in [0.3, 0.4) is 0 Å². The maximum Gasteiger partial charge on any atom is 0.291 e. The lowest BCUT2D eigenvalue weighted by atomic mass is 10.3. The Morgan fingerprint density at radius 2 is 1.89 bits per heavy atom. The Kier molecular flexibility index (Phi) is 3.82. The molecule has 2 rings (SSSR count). The first-order valence-corrected chi connectivity index (χ1v) is 5.53. The summed E-state index contributed by atoms with van der Waals surface area (Å²) in [4.78, 5) is 23.5. The predicted molar refractivity (Wildman–Crippen MR) is 66.9 cm³/mol. The summed E-state index contributed by atoms with van der Waals surface area (Å²) in [6, 6.07) is 6.44. The van der Waals surface area contributed by atoms with Gasteiger partial charge in [0.1, 0.15) is 11.5 Å². The summed E-state index contributed by atoms with van der Waals surface area (Å²) in [5, 5.41) is 4.90. The van der Waals surface area contributed by atoms with Gasteiger partial charge in [0.2, 0.25) is 0 Å². The lowest BCUT2D eigenvalue weighted by Gasteiger charge is -2.06. The van der Waals surface area contributed by atoms with Crippen LogP contribution in [0.4, 0.5) is 0 Å². The third-order valence-corrected chi connectivity index (χ3v) is 2.29. The number of likely N-dealkylation sites (N-methyl/N-ethyl adjacent to an activating group) is 1. The highest BCUT2D eigenvalue weighted by molar-refractivity contribution is 6.04. The molecule has 0 spiro atoms. The minimum atomic E-state index is -0.508. The van der Waals surface area contributed by atoms with Crippen molar-refractivity contribution in [3.8, 4) is 0 Å². The van der Waals surface area contributed by atoms with Gasteiger partial charge in [-0.2, -0.15) is 0 Å². The maximum absolute atomic E-state index is 11.8. The fourth-order valence-electron chi connectivity index (χ4n) is 1.40. The van der Waals surface area contributed by atoms with E-state index in [-0.39, 0.29) is 11.5 Å². The molecule has 0 unspecified atom stereocenters. The number of hydrogen-bond acceptors (Lipinski definition) is 4. The van der Waals surface area contributed by atoms with Crippen LogP contribution in [-0.4, -0.2) is 18.9 Å². The topological polar surface area (TPSA) is 84.5 Å². The number of nitrogens with one attached hydrogen (secondary N) is 2. The molecule has 0 aliphatic carbocycles.